The highest BCUT2D eigenvalue weighted by Gasteiger charge is 2.21. The molecule has 0 radical (unpaired) electrons. The lowest BCUT2D eigenvalue weighted by Gasteiger charge is -2.29. The molecule has 0 atom stereocenters. The Morgan fingerprint density at radius 1 is 0.226 bits per heavy atom. The molecule has 1 heteroatoms. The van der Waals surface area contributed by atoms with Crippen molar-refractivity contribution < 1.29 is 0 Å². The molecule has 0 saturated carbocycles. The lowest BCUT2D eigenvalue weighted by molar-refractivity contribution is 1.28. The summed E-state index contributed by atoms with van der Waals surface area (Å²) in [6.07, 6.45) is 0. The average Bonchev–Trinajstić information content (AvgIpc) is 3.25. The Bertz CT molecular complexity index is 2660. The van der Waals surface area contributed by atoms with E-state index in [0.717, 1.165) is 22.6 Å². The van der Waals surface area contributed by atoms with Crippen LogP contribution in [0.3, 0.4) is 0 Å². The van der Waals surface area contributed by atoms with Gasteiger partial charge in [0.1, 0.15) is 0 Å². The molecule has 9 rings (SSSR count). The third-order valence-corrected chi connectivity index (χ3v) is 10.1. The highest BCUT2D eigenvalue weighted by Crippen LogP contribution is 2.46. The second-order valence-electron chi connectivity index (χ2n) is 13.3. The van der Waals surface area contributed by atoms with Crippen LogP contribution in [0.1, 0.15) is 0 Å². The Morgan fingerprint density at radius 3 is 1.51 bits per heavy atom. The Balaban J connectivity index is 1.25. The van der Waals surface area contributed by atoms with Crippen molar-refractivity contribution in [3.05, 3.63) is 224 Å². The predicted molar refractivity (Wildman–Crippen MR) is 226 cm³/mol. The highest BCUT2D eigenvalue weighted by atomic mass is 15.1. The summed E-state index contributed by atoms with van der Waals surface area (Å²) < 4.78 is 0. The van der Waals surface area contributed by atoms with E-state index in [0.29, 0.717) is 0 Å². The maximum Gasteiger partial charge on any atom is 0.0540 e. The van der Waals surface area contributed by atoms with Gasteiger partial charge in [-0.25, -0.2) is 0 Å². The molecule has 0 aliphatic rings. The topological polar surface area (TPSA) is 3.24 Å². The molecular weight excluding hydrogens is 639 g/mol. The second-order valence-corrected chi connectivity index (χ2v) is 13.3. The lowest BCUT2D eigenvalue weighted by atomic mass is 9.86. The fourth-order valence-electron chi connectivity index (χ4n) is 7.49. The van der Waals surface area contributed by atoms with Gasteiger partial charge >= 0.3 is 0 Å². The first-order valence-corrected chi connectivity index (χ1v) is 18.2. The maximum absolute atomic E-state index is 2.40. The van der Waals surface area contributed by atoms with E-state index in [9.17, 15) is 0 Å². The number of hydrogen-bond donors (Lipinski definition) is 0. The van der Waals surface area contributed by atoms with Gasteiger partial charge in [0.15, 0.2) is 0 Å². The highest BCUT2D eigenvalue weighted by molar-refractivity contribution is 5.99. The number of anilines is 3. The molecule has 1 nitrogen and oxygen atoms in total. The fraction of sp³-hybridized carbons (Fsp3) is 0. The second kappa shape index (κ2) is 14.3. The molecule has 0 N–H and O–H groups in total. The number of para-hydroxylation sites is 2. The third-order valence-electron chi connectivity index (χ3n) is 10.1. The van der Waals surface area contributed by atoms with Gasteiger partial charge in [-0.15, -0.1) is 0 Å². The van der Waals surface area contributed by atoms with Crippen LogP contribution in [-0.2, 0) is 0 Å². The SMILES string of the molecule is c1ccc(-c2ccc(-c3ccccc3N(c3ccccc3)c3cccc(-c4ccc5ccccc5c4)c3)c(-c3ccccc3-c3ccccc3)c2)cc1. The Hall–Kier alpha value is -6.96. The van der Waals surface area contributed by atoms with Crippen LogP contribution in [0.4, 0.5) is 17.1 Å². The minimum atomic E-state index is 1.10. The molecule has 0 aromatic heterocycles. The van der Waals surface area contributed by atoms with Crippen LogP contribution in [0.15, 0.2) is 224 Å². The molecule has 0 aliphatic heterocycles. The van der Waals surface area contributed by atoms with Crippen LogP contribution >= 0.6 is 0 Å². The zero-order valence-electron chi connectivity index (χ0n) is 29.3. The van der Waals surface area contributed by atoms with Crippen LogP contribution in [0.2, 0.25) is 0 Å². The van der Waals surface area contributed by atoms with Crippen molar-refractivity contribution in [2.45, 2.75) is 0 Å². The summed E-state index contributed by atoms with van der Waals surface area (Å²) in [6.45, 7) is 0. The zero-order valence-corrected chi connectivity index (χ0v) is 29.3. The van der Waals surface area contributed by atoms with E-state index in [1.54, 1.807) is 0 Å². The van der Waals surface area contributed by atoms with Crippen molar-refractivity contribution in [2.75, 3.05) is 4.90 Å². The quantitative estimate of drug-likeness (QED) is 0.155. The van der Waals surface area contributed by atoms with Gasteiger partial charge in [0.2, 0.25) is 0 Å². The zero-order chi connectivity index (χ0) is 35.4. The summed E-state index contributed by atoms with van der Waals surface area (Å²) in [6, 6.07) is 80.9. The van der Waals surface area contributed by atoms with Crippen molar-refractivity contribution in [1.29, 1.82) is 0 Å². The summed E-state index contributed by atoms with van der Waals surface area (Å²) >= 11 is 0. The van der Waals surface area contributed by atoms with E-state index in [1.807, 2.05) is 0 Å². The molecule has 250 valence electrons. The monoisotopic (exact) mass is 675 g/mol. The first-order valence-electron chi connectivity index (χ1n) is 18.2. The van der Waals surface area contributed by atoms with E-state index in [1.165, 1.54) is 60.8 Å². The minimum absolute atomic E-state index is 1.10. The number of benzene rings is 9. The Labute approximate surface area is 311 Å². The summed E-state index contributed by atoms with van der Waals surface area (Å²) in [7, 11) is 0. The number of fused-ring (bicyclic) bond motifs is 1. The van der Waals surface area contributed by atoms with Gasteiger partial charge in [-0.2, -0.15) is 0 Å². The molecule has 0 spiro atoms. The van der Waals surface area contributed by atoms with E-state index < -0.39 is 0 Å². The largest absolute Gasteiger partial charge is 0.310 e. The first-order chi connectivity index (χ1) is 26.3. The van der Waals surface area contributed by atoms with Gasteiger partial charge in [-0.1, -0.05) is 182 Å². The molecule has 9 aromatic carbocycles. The molecule has 0 amide bonds. The van der Waals surface area contributed by atoms with E-state index in [-0.39, 0.29) is 0 Å². The molecule has 0 bridgehead atoms. The summed E-state index contributed by atoms with van der Waals surface area (Å²) in [5, 5.41) is 2.48. The van der Waals surface area contributed by atoms with Gasteiger partial charge in [-0.05, 0) is 103 Å². The summed E-state index contributed by atoms with van der Waals surface area (Å²) in [5.74, 6) is 0. The molecule has 0 saturated heterocycles. The molecular formula is C52H37N. The van der Waals surface area contributed by atoms with Crippen LogP contribution in [0, 0.1) is 0 Å². The van der Waals surface area contributed by atoms with Crippen molar-refractivity contribution in [2.24, 2.45) is 0 Å². The van der Waals surface area contributed by atoms with Gasteiger partial charge < -0.3 is 4.90 Å². The van der Waals surface area contributed by atoms with Gasteiger partial charge in [0.05, 0.1) is 5.69 Å². The standard InChI is InChI=1S/C52H37N/c1-4-17-38(18-5-1)44-33-34-49(51(37-44)48-28-13-12-27-47(48)40-20-6-2-7-21-40)50-29-14-15-30-52(50)53(45-24-8-3-9-25-45)46-26-16-23-42(36-46)43-32-31-39-19-10-11-22-41(39)35-43/h1-37H. The van der Waals surface area contributed by atoms with Gasteiger partial charge in [0.25, 0.3) is 0 Å². The van der Waals surface area contributed by atoms with Crippen LogP contribution in [-0.4, -0.2) is 0 Å². The normalized spacial score (nSPS) is 11.0. The van der Waals surface area contributed by atoms with Crippen molar-refractivity contribution in [3.63, 3.8) is 0 Å². The first kappa shape index (κ1) is 32.0. The van der Waals surface area contributed by atoms with Crippen molar-refractivity contribution in [3.8, 4) is 55.6 Å². The van der Waals surface area contributed by atoms with Crippen LogP contribution in [0.5, 0.6) is 0 Å². The average molecular weight is 676 g/mol. The molecule has 0 aliphatic carbocycles. The fourth-order valence-corrected chi connectivity index (χ4v) is 7.49. The van der Waals surface area contributed by atoms with Crippen molar-refractivity contribution >= 4 is 27.8 Å². The molecule has 0 fully saturated rings. The lowest BCUT2D eigenvalue weighted by Crippen LogP contribution is -2.11. The predicted octanol–water partition coefficient (Wildman–Crippen LogP) is 14.6. The van der Waals surface area contributed by atoms with E-state index in [4.69, 9.17) is 0 Å². The van der Waals surface area contributed by atoms with Crippen LogP contribution in [0.25, 0.3) is 66.4 Å². The number of hydrogen-bond acceptors (Lipinski definition) is 1. The van der Waals surface area contributed by atoms with Gasteiger partial charge in [0, 0.05) is 16.9 Å². The minimum Gasteiger partial charge on any atom is -0.310 e. The molecule has 53 heavy (non-hydrogen) atoms. The number of nitrogens with zero attached hydrogens (tertiary/aromatic N) is 1. The van der Waals surface area contributed by atoms with E-state index >= 15 is 0 Å². The Morgan fingerprint density at radius 2 is 0.736 bits per heavy atom. The van der Waals surface area contributed by atoms with Gasteiger partial charge in [-0.3, -0.25) is 0 Å². The van der Waals surface area contributed by atoms with Crippen LogP contribution < -0.4 is 4.90 Å². The summed E-state index contributed by atoms with van der Waals surface area (Å²) in [5.41, 5.74) is 15.2. The molecule has 0 heterocycles. The maximum atomic E-state index is 2.40. The van der Waals surface area contributed by atoms with Crippen molar-refractivity contribution in [1.82, 2.24) is 0 Å². The Kier molecular flexibility index (Phi) is 8.66. The number of rotatable bonds is 8. The molecule has 9 aromatic rings. The smallest absolute Gasteiger partial charge is 0.0540 e. The summed E-state index contributed by atoms with van der Waals surface area (Å²) in [4.78, 5) is 2.40. The van der Waals surface area contributed by atoms with E-state index in [2.05, 4.69) is 229 Å². The molecule has 0 unspecified atom stereocenters. The third kappa shape index (κ3) is 6.42.